The molecule has 0 aromatic heterocycles. The lowest BCUT2D eigenvalue weighted by atomic mass is 9.94. The number of carbonyl (C=O) groups is 4. The molecule has 0 radical (unpaired) electrons. The molecule has 3 atom stereocenters. The summed E-state index contributed by atoms with van der Waals surface area (Å²) in [6, 6.07) is 3.09. The van der Waals surface area contributed by atoms with E-state index in [1.54, 1.807) is 20.8 Å². The maximum absolute atomic E-state index is 14.0. The Balaban J connectivity index is 3.54. The first-order valence-corrected chi connectivity index (χ1v) is 13.2. The van der Waals surface area contributed by atoms with Crippen molar-refractivity contribution < 1.29 is 23.9 Å². The summed E-state index contributed by atoms with van der Waals surface area (Å²) in [5, 5.41) is 5.50. The van der Waals surface area contributed by atoms with Crippen LogP contribution in [0.4, 0.5) is 4.79 Å². The number of ether oxygens (including phenoxy) is 1. The number of unbranched alkanes of at least 4 members (excludes halogenated alkanes) is 2. The molecule has 37 heavy (non-hydrogen) atoms. The topological polar surface area (TPSA) is 131 Å². The minimum atomic E-state index is -1.29. The van der Waals surface area contributed by atoms with Gasteiger partial charge in [0.2, 0.25) is 17.7 Å². The molecule has 208 valence electrons. The molecule has 1 rings (SSSR count). The largest absolute Gasteiger partial charge is 0.444 e. The summed E-state index contributed by atoms with van der Waals surface area (Å²) in [5.41, 5.74) is 7.21. The molecule has 4 amide bonds. The molecular formula is C28H46N4O5. The summed E-state index contributed by atoms with van der Waals surface area (Å²) < 4.78 is 5.32. The molecule has 1 aromatic carbocycles. The van der Waals surface area contributed by atoms with E-state index < -0.39 is 42.0 Å². The van der Waals surface area contributed by atoms with Crippen molar-refractivity contribution in [1.29, 1.82) is 0 Å². The number of rotatable bonds is 13. The number of carbonyl (C=O) groups excluding carboxylic acids is 4. The quantitative estimate of drug-likeness (QED) is 0.339. The predicted molar refractivity (Wildman–Crippen MR) is 145 cm³/mol. The smallest absolute Gasteiger partial charge is 0.408 e. The van der Waals surface area contributed by atoms with E-state index in [0.717, 1.165) is 30.4 Å². The Labute approximate surface area is 221 Å². The summed E-state index contributed by atoms with van der Waals surface area (Å²) in [4.78, 5) is 53.6. The van der Waals surface area contributed by atoms with Crippen molar-refractivity contribution in [2.24, 2.45) is 5.73 Å². The lowest BCUT2D eigenvalue weighted by Gasteiger charge is -2.38. The van der Waals surface area contributed by atoms with Gasteiger partial charge >= 0.3 is 6.09 Å². The van der Waals surface area contributed by atoms with Crippen LogP contribution < -0.4 is 16.4 Å². The molecule has 0 saturated carbocycles. The fraction of sp³-hybridized carbons (Fsp3) is 0.643. The fourth-order valence-corrected chi connectivity index (χ4v) is 4.06. The summed E-state index contributed by atoms with van der Waals surface area (Å²) in [7, 11) is 0. The van der Waals surface area contributed by atoms with Gasteiger partial charge in [0.05, 0.1) is 6.42 Å². The average Bonchev–Trinajstić information content (AvgIpc) is 2.78. The number of benzene rings is 1. The first-order valence-electron chi connectivity index (χ1n) is 13.2. The van der Waals surface area contributed by atoms with Gasteiger partial charge in [-0.2, -0.15) is 0 Å². The maximum Gasteiger partial charge on any atom is 0.408 e. The van der Waals surface area contributed by atoms with Gasteiger partial charge in [-0.05, 0) is 65.5 Å². The molecule has 0 heterocycles. The van der Waals surface area contributed by atoms with Gasteiger partial charge in [-0.1, -0.05) is 50.5 Å². The standard InChI is InChI=1S/C28H46N4O5/c1-9-11-12-15-30-25(34)24(21-14-13-18(3)16-19(21)4)32(20(5)10-2)26(35)22(17-23(29)33)31-27(36)37-28(6,7)8/h13-14,16,20,22,24H,9-12,15,17H2,1-8H3,(H2,29,33)(H,30,34)(H,31,36). The zero-order chi connectivity index (χ0) is 28.3. The van der Waals surface area contributed by atoms with Gasteiger partial charge in [0.1, 0.15) is 17.7 Å². The van der Waals surface area contributed by atoms with Crippen molar-refractivity contribution in [3.63, 3.8) is 0 Å². The van der Waals surface area contributed by atoms with Gasteiger partial charge in [0.15, 0.2) is 0 Å². The Morgan fingerprint density at radius 3 is 2.24 bits per heavy atom. The second kappa shape index (κ2) is 14.6. The van der Waals surface area contributed by atoms with Crippen LogP contribution in [0.3, 0.4) is 0 Å². The summed E-state index contributed by atoms with van der Waals surface area (Å²) in [5.74, 6) is -1.65. The molecular weight excluding hydrogens is 472 g/mol. The van der Waals surface area contributed by atoms with Gasteiger partial charge in [-0.3, -0.25) is 14.4 Å². The van der Waals surface area contributed by atoms with E-state index in [0.29, 0.717) is 18.5 Å². The SMILES string of the molecule is CCCCCNC(=O)C(c1ccc(C)cc1C)N(C(=O)C(CC(N)=O)NC(=O)OC(C)(C)C)C(C)CC. The zero-order valence-corrected chi connectivity index (χ0v) is 23.8. The van der Waals surface area contributed by atoms with E-state index in [1.807, 2.05) is 45.9 Å². The third-order valence-corrected chi connectivity index (χ3v) is 6.04. The molecule has 0 saturated heterocycles. The van der Waals surface area contributed by atoms with Crippen molar-refractivity contribution in [3.05, 3.63) is 34.9 Å². The third-order valence-electron chi connectivity index (χ3n) is 6.04. The summed E-state index contributed by atoms with van der Waals surface area (Å²) >= 11 is 0. The van der Waals surface area contributed by atoms with Crippen LogP contribution in [0.15, 0.2) is 18.2 Å². The Kier molecular flexibility index (Phi) is 12.6. The van der Waals surface area contributed by atoms with Crippen molar-refractivity contribution >= 4 is 23.8 Å². The Hall–Kier alpha value is -3.10. The number of hydrogen-bond acceptors (Lipinski definition) is 5. The predicted octanol–water partition coefficient (Wildman–Crippen LogP) is 4.05. The molecule has 0 bridgehead atoms. The first-order chi connectivity index (χ1) is 17.2. The van der Waals surface area contributed by atoms with E-state index in [4.69, 9.17) is 10.5 Å². The van der Waals surface area contributed by atoms with Gasteiger partial charge in [0, 0.05) is 12.6 Å². The van der Waals surface area contributed by atoms with Crippen LogP contribution in [0.5, 0.6) is 0 Å². The number of primary amides is 1. The highest BCUT2D eigenvalue weighted by atomic mass is 16.6. The number of alkyl carbamates (subject to hydrolysis) is 1. The van der Waals surface area contributed by atoms with E-state index in [2.05, 4.69) is 17.6 Å². The van der Waals surface area contributed by atoms with E-state index in [9.17, 15) is 19.2 Å². The first kappa shape index (κ1) is 31.9. The van der Waals surface area contributed by atoms with Crippen LogP contribution in [0.2, 0.25) is 0 Å². The molecule has 0 aliphatic heterocycles. The molecule has 0 spiro atoms. The Bertz CT molecular complexity index is 941. The number of aryl methyl sites for hydroxylation is 2. The van der Waals surface area contributed by atoms with Gasteiger partial charge in [-0.15, -0.1) is 0 Å². The van der Waals surface area contributed by atoms with Crippen LogP contribution in [0.1, 0.15) is 96.4 Å². The number of nitrogens with two attached hydrogens (primary N) is 1. The van der Waals surface area contributed by atoms with Crippen LogP contribution in [0, 0.1) is 13.8 Å². The van der Waals surface area contributed by atoms with Gasteiger partial charge in [0.25, 0.3) is 0 Å². The summed E-state index contributed by atoms with van der Waals surface area (Å²) in [6.07, 6.45) is 2.09. The summed E-state index contributed by atoms with van der Waals surface area (Å²) in [6.45, 7) is 15.3. The van der Waals surface area contributed by atoms with Crippen molar-refractivity contribution in [2.45, 2.75) is 111 Å². The highest BCUT2D eigenvalue weighted by Gasteiger charge is 2.39. The molecule has 4 N–H and O–H groups in total. The molecule has 1 aromatic rings. The monoisotopic (exact) mass is 518 g/mol. The van der Waals surface area contributed by atoms with Crippen LogP contribution in [-0.2, 0) is 19.1 Å². The lowest BCUT2D eigenvalue weighted by molar-refractivity contribution is -0.145. The molecule has 9 heteroatoms. The zero-order valence-electron chi connectivity index (χ0n) is 23.8. The second-order valence-corrected chi connectivity index (χ2v) is 10.6. The van der Waals surface area contributed by atoms with E-state index in [1.165, 1.54) is 4.90 Å². The number of hydrogen-bond donors (Lipinski definition) is 3. The van der Waals surface area contributed by atoms with Crippen molar-refractivity contribution in [2.75, 3.05) is 6.54 Å². The minimum absolute atomic E-state index is 0.313. The van der Waals surface area contributed by atoms with Crippen LogP contribution in [-0.4, -0.2) is 52.9 Å². The van der Waals surface area contributed by atoms with Crippen molar-refractivity contribution in [3.8, 4) is 0 Å². The molecule has 3 unspecified atom stereocenters. The average molecular weight is 519 g/mol. The highest BCUT2D eigenvalue weighted by molar-refractivity contribution is 5.94. The number of amides is 4. The van der Waals surface area contributed by atoms with Gasteiger partial charge in [-0.25, -0.2) is 4.79 Å². The maximum atomic E-state index is 14.0. The Morgan fingerprint density at radius 2 is 1.73 bits per heavy atom. The van der Waals surface area contributed by atoms with Crippen LogP contribution in [0.25, 0.3) is 0 Å². The second-order valence-electron chi connectivity index (χ2n) is 10.6. The van der Waals surface area contributed by atoms with E-state index in [-0.39, 0.29) is 11.9 Å². The molecule has 9 nitrogen and oxygen atoms in total. The number of nitrogens with zero attached hydrogens (tertiary/aromatic N) is 1. The molecule has 0 fully saturated rings. The number of nitrogens with one attached hydrogen (secondary N) is 2. The molecule has 0 aliphatic carbocycles. The lowest BCUT2D eigenvalue weighted by Crippen LogP contribution is -2.56. The fourth-order valence-electron chi connectivity index (χ4n) is 4.06. The minimum Gasteiger partial charge on any atom is -0.444 e. The third kappa shape index (κ3) is 10.4. The molecule has 0 aliphatic rings. The Morgan fingerprint density at radius 1 is 1.08 bits per heavy atom. The highest BCUT2D eigenvalue weighted by Crippen LogP contribution is 2.29. The van der Waals surface area contributed by atoms with Crippen LogP contribution >= 0.6 is 0 Å². The van der Waals surface area contributed by atoms with E-state index >= 15 is 0 Å². The van der Waals surface area contributed by atoms with Crippen molar-refractivity contribution in [1.82, 2.24) is 15.5 Å². The van der Waals surface area contributed by atoms with Gasteiger partial charge < -0.3 is 26.0 Å². The normalized spacial score (nSPS) is 13.7.